The van der Waals surface area contributed by atoms with Gasteiger partial charge in [-0.3, -0.25) is 5.32 Å². The van der Waals surface area contributed by atoms with E-state index >= 15 is 0 Å². The smallest absolute Gasteiger partial charge is 0.130 e. The Bertz CT molecular complexity index is 857. The Labute approximate surface area is 158 Å². The molecule has 136 valence electrons. The molecule has 0 saturated carbocycles. The molecular formula is C20H22ClN3O2. The van der Waals surface area contributed by atoms with Crippen LogP contribution in [0.5, 0.6) is 11.5 Å². The van der Waals surface area contributed by atoms with Gasteiger partial charge in [0.15, 0.2) is 0 Å². The maximum absolute atomic E-state index is 6.10. The minimum absolute atomic E-state index is 0.127. The van der Waals surface area contributed by atoms with Crippen LogP contribution in [0, 0.1) is 0 Å². The number of hydrogen-bond donors (Lipinski definition) is 1. The standard InChI is InChI=1S/C20H22ClN3O2/c1-24-8-7-22-20(24)19(23-13-14-5-4-6-16(21)9-14)15-10-17(25-2)12-18(11-15)26-3/h4-12,19,23H,13H2,1-3H3. The molecule has 5 nitrogen and oxygen atoms in total. The highest BCUT2D eigenvalue weighted by molar-refractivity contribution is 6.30. The molecule has 1 aromatic heterocycles. The lowest BCUT2D eigenvalue weighted by molar-refractivity contribution is 0.392. The van der Waals surface area contributed by atoms with Crippen molar-refractivity contribution in [1.82, 2.24) is 14.9 Å². The second-order valence-electron chi connectivity index (χ2n) is 5.99. The number of nitrogens with zero attached hydrogens (tertiary/aromatic N) is 2. The van der Waals surface area contributed by atoms with Crippen molar-refractivity contribution < 1.29 is 9.47 Å². The lowest BCUT2D eigenvalue weighted by Gasteiger charge is -2.21. The van der Waals surface area contributed by atoms with E-state index < -0.39 is 0 Å². The van der Waals surface area contributed by atoms with Crippen molar-refractivity contribution >= 4 is 11.6 Å². The van der Waals surface area contributed by atoms with E-state index in [0.717, 1.165) is 33.5 Å². The van der Waals surface area contributed by atoms with Gasteiger partial charge >= 0.3 is 0 Å². The minimum Gasteiger partial charge on any atom is -0.497 e. The molecule has 6 heteroatoms. The molecule has 3 rings (SSSR count). The van der Waals surface area contributed by atoms with Crippen molar-refractivity contribution in [1.29, 1.82) is 0 Å². The van der Waals surface area contributed by atoms with Gasteiger partial charge in [0.05, 0.1) is 20.3 Å². The van der Waals surface area contributed by atoms with E-state index in [1.54, 1.807) is 20.4 Å². The van der Waals surface area contributed by atoms with E-state index in [0.29, 0.717) is 6.54 Å². The van der Waals surface area contributed by atoms with Gasteiger partial charge in [-0.1, -0.05) is 23.7 Å². The van der Waals surface area contributed by atoms with Gasteiger partial charge in [-0.2, -0.15) is 0 Å². The van der Waals surface area contributed by atoms with E-state index in [9.17, 15) is 0 Å². The molecule has 0 saturated heterocycles. The predicted octanol–water partition coefficient (Wildman–Crippen LogP) is 3.97. The van der Waals surface area contributed by atoms with Crippen molar-refractivity contribution in [2.24, 2.45) is 7.05 Å². The van der Waals surface area contributed by atoms with Crippen LogP contribution in [0.15, 0.2) is 54.9 Å². The van der Waals surface area contributed by atoms with Crippen molar-refractivity contribution in [3.05, 3.63) is 76.8 Å². The van der Waals surface area contributed by atoms with Gasteiger partial charge in [0, 0.05) is 37.1 Å². The molecule has 0 aliphatic rings. The highest BCUT2D eigenvalue weighted by Crippen LogP contribution is 2.29. The topological polar surface area (TPSA) is 48.3 Å². The summed E-state index contributed by atoms with van der Waals surface area (Å²) in [6.45, 7) is 0.650. The number of hydrogen-bond acceptors (Lipinski definition) is 4. The number of methoxy groups -OCH3 is 2. The fourth-order valence-electron chi connectivity index (χ4n) is 2.88. The second kappa shape index (κ2) is 8.25. The zero-order valence-electron chi connectivity index (χ0n) is 15.1. The van der Waals surface area contributed by atoms with Gasteiger partial charge in [0.1, 0.15) is 17.3 Å². The van der Waals surface area contributed by atoms with Gasteiger partial charge in [-0.15, -0.1) is 0 Å². The van der Waals surface area contributed by atoms with E-state index in [1.807, 2.05) is 60.3 Å². The molecule has 0 amide bonds. The maximum Gasteiger partial charge on any atom is 0.130 e. The van der Waals surface area contributed by atoms with E-state index in [-0.39, 0.29) is 6.04 Å². The number of imidazole rings is 1. The van der Waals surface area contributed by atoms with Crippen LogP contribution in [-0.4, -0.2) is 23.8 Å². The average molecular weight is 372 g/mol. The third-order valence-corrected chi connectivity index (χ3v) is 4.46. The Kier molecular flexibility index (Phi) is 5.81. The largest absolute Gasteiger partial charge is 0.497 e. The highest BCUT2D eigenvalue weighted by Gasteiger charge is 2.20. The summed E-state index contributed by atoms with van der Waals surface area (Å²) in [5.74, 6) is 2.38. The van der Waals surface area contributed by atoms with Crippen LogP contribution in [0.25, 0.3) is 0 Å². The third kappa shape index (κ3) is 4.18. The Morgan fingerprint density at radius 3 is 2.42 bits per heavy atom. The number of rotatable bonds is 7. The predicted molar refractivity (Wildman–Crippen MR) is 103 cm³/mol. The molecule has 0 fully saturated rings. The van der Waals surface area contributed by atoms with Crippen LogP contribution in [0.2, 0.25) is 5.02 Å². The molecule has 0 radical (unpaired) electrons. The summed E-state index contributed by atoms with van der Waals surface area (Å²) in [5.41, 5.74) is 2.11. The highest BCUT2D eigenvalue weighted by atomic mass is 35.5. The van der Waals surface area contributed by atoms with Gasteiger partial charge in [-0.25, -0.2) is 4.98 Å². The van der Waals surface area contributed by atoms with Gasteiger partial charge in [0.25, 0.3) is 0 Å². The number of benzene rings is 2. The Morgan fingerprint density at radius 1 is 1.12 bits per heavy atom. The zero-order valence-corrected chi connectivity index (χ0v) is 15.8. The van der Waals surface area contributed by atoms with E-state index in [4.69, 9.17) is 21.1 Å². The molecule has 1 heterocycles. The number of ether oxygens (including phenoxy) is 2. The van der Waals surface area contributed by atoms with Crippen LogP contribution in [-0.2, 0) is 13.6 Å². The first-order chi connectivity index (χ1) is 12.6. The molecule has 1 unspecified atom stereocenters. The van der Waals surface area contributed by atoms with Crippen molar-refractivity contribution in [3.63, 3.8) is 0 Å². The summed E-state index contributed by atoms with van der Waals surface area (Å²) in [7, 11) is 5.27. The number of halogens is 1. The normalized spacial score (nSPS) is 12.0. The van der Waals surface area contributed by atoms with Gasteiger partial charge in [0.2, 0.25) is 0 Å². The van der Waals surface area contributed by atoms with Crippen LogP contribution in [0.1, 0.15) is 23.0 Å². The van der Waals surface area contributed by atoms with Crippen molar-refractivity contribution in [2.45, 2.75) is 12.6 Å². The number of nitrogens with one attached hydrogen (secondary N) is 1. The summed E-state index contributed by atoms with van der Waals surface area (Å²) in [5, 5.41) is 4.30. The van der Waals surface area contributed by atoms with E-state index in [1.165, 1.54) is 0 Å². The monoisotopic (exact) mass is 371 g/mol. The quantitative estimate of drug-likeness (QED) is 0.682. The molecule has 0 aliphatic carbocycles. The fourth-order valence-corrected chi connectivity index (χ4v) is 3.09. The van der Waals surface area contributed by atoms with Crippen LogP contribution < -0.4 is 14.8 Å². The molecule has 2 aromatic carbocycles. The van der Waals surface area contributed by atoms with Gasteiger partial charge in [-0.05, 0) is 35.4 Å². The molecule has 1 N–H and O–H groups in total. The molecular weight excluding hydrogens is 350 g/mol. The van der Waals surface area contributed by atoms with Crippen molar-refractivity contribution in [2.75, 3.05) is 14.2 Å². The summed E-state index contributed by atoms with van der Waals surface area (Å²) in [6.07, 6.45) is 3.72. The zero-order chi connectivity index (χ0) is 18.5. The Hall–Kier alpha value is -2.50. The third-order valence-electron chi connectivity index (χ3n) is 4.22. The molecule has 0 bridgehead atoms. The molecule has 3 aromatic rings. The second-order valence-corrected chi connectivity index (χ2v) is 6.42. The first-order valence-corrected chi connectivity index (χ1v) is 8.66. The SMILES string of the molecule is COc1cc(OC)cc(C(NCc2cccc(Cl)c2)c2nccn2C)c1. The maximum atomic E-state index is 6.10. The van der Waals surface area contributed by atoms with Crippen LogP contribution in [0.4, 0.5) is 0 Å². The van der Waals surface area contributed by atoms with Gasteiger partial charge < -0.3 is 14.0 Å². The first kappa shape index (κ1) is 18.3. The molecule has 26 heavy (non-hydrogen) atoms. The minimum atomic E-state index is -0.127. The summed E-state index contributed by atoms with van der Waals surface area (Å²) in [6, 6.07) is 13.5. The Balaban J connectivity index is 1.95. The number of aryl methyl sites for hydroxylation is 1. The van der Waals surface area contributed by atoms with Crippen molar-refractivity contribution in [3.8, 4) is 11.5 Å². The molecule has 1 atom stereocenters. The Morgan fingerprint density at radius 2 is 1.85 bits per heavy atom. The lowest BCUT2D eigenvalue weighted by atomic mass is 10.0. The molecule has 0 aliphatic heterocycles. The number of aromatic nitrogens is 2. The lowest BCUT2D eigenvalue weighted by Crippen LogP contribution is -2.25. The van der Waals surface area contributed by atoms with Crippen LogP contribution in [0.3, 0.4) is 0 Å². The average Bonchev–Trinajstić information content (AvgIpc) is 3.07. The van der Waals surface area contributed by atoms with E-state index in [2.05, 4.69) is 10.3 Å². The molecule has 0 spiro atoms. The summed E-state index contributed by atoms with van der Waals surface area (Å²) in [4.78, 5) is 4.53. The first-order valence-electron chi connectivity index (χ1n) is 8.28. The van der Waals surface area contributed by atoms with Crippen LogP contribution >= 0.6 is 11.6 Å². The summed E-state index contributed by atoms with van der Waals surface area (Å²) >= 11 is 6.10. The fraction of sp³-hybridized carbons (Fsp3) is 0.250. The summed E-state index contributed by atoms with van der Waals surface area (Å²) < 4.78 is 12.8.